The summed E-state index contributed by atoms with van der Waals surface area (Å²) >= 11 is 0. The van der Waals surface area contributed by atoms with Crippen LogP contribution in [-0.4, -0.2) is 0 Å². The van der Waals surface area contributed by atoms with Crippen molar-refractivity contribution in [2.75, 3.05) is 0 Å². The molecule has 3 aromatic rings. The third-order valence-corrected chi connectivity index (χ3v) is 4.71. The summed E-state index contributed by atoms with van der Waals surface area (Å²) in [6, 6.07) is 10.9. The second kappa shape index (κ2) is 9.20. The monoisotopic (exact) mass is 464 g/mol. The average molecular weight is 464 g/mol. The predicted octanol–water partition coefficient (Wildman–Crippen LogP) is 3.98. The number of benzene rings is 3. The molecular weight excluding hydrogens is 458 g/mol. The number of hydrogen-bond donors (Lipinski definition) is 0. The maximum absolute atomic E-state index is 14.7. The van der Waals surface area contributed by atoms with Crippen LogP contribution in [0.1, 0.15) is 11.1 Å². The molecule has 0 saturated heterocycles. The van der Waals surface area contributed by atoms with Crippen LogP contribution in [0.4, 0.5) is 26.3 Å². The van der Waals surface area contributed by atoms with E-state index in [9.17, 15) is 31.6 Å². The van der Waals surface area contributed by atoms with Gasteiger partial charge in [-0.25, -0.2) is 26.3 Å². The first-order chi connectivity index (χ1) is 16.2. The second-order valence-electron chi connectivity index (χ2n) is 6.62. The van der Waals surface area contributed by atoms with E-state index in [2.05, 4.69) is 0 Å². The largest absolute Gasteiger partial charge is 0.207 e. The van der Waals surface area contributed by atoms with E-state index in [1.165, 1.54) is 6.07 Å². The molecule has 4 nitrogen and oxygen atoms in total. The van der Waals surface area contributed by atoms with Crippen molar-refractivity contribution in [3.8, 4) is 35.4 Å². The molecule has 0 aromatic heterocycles. The van der Waals surface area contributed by atoms with Crippen molar-refractivity contribution < 1.29 is 26.3 Å². The van der Waals surface area contributed by atoms with E-state index in [1.807, 2.05) is 0 Å². The highest BCUT2D eigenvalue weighted by molar-refractivity contribution is 5.83. The van der Waals surface area contributed by atoms with Crippen molar-refractivity contribution in [3.05, 3.63) is 92.9 Å². The van der Waals surface area contributed by atoms with Crippen molar-refractivity contribution in [2.24, 2.45) is 0 Å². The van der Waals surface area contributed by atoms with Gasteiger partial charge in [0.1, 0.15) is 47.0 Å². The molecule has 0 aliphatic rings. The molecule has 0 unspecified atom stereocenters. The van der Waals surface area contributed by atoms with Crippen molar-refractivity contribution in [1.82, 2.24) is 0 Å². The zero-order valence-corrected chi connectivity index (χ0v) is 16.5. The van der Waals surface area contributed by atoms with Gasteiger partial charge in [-0.1, -0.05) is 12.1 Å². The summed E-state index contributed by atoms with van der Waals surface area (Å²) in [5.41, 5.74) is -4.95. The minimum absolute atomic E-state index is 0.0659. The molecule has 10 heteroatoms. The van der Waals surface area contributed by atoms with E-state index in [1.54, 1.807) is 12.1 Å². The number of rotatable bonds is 2. The molecule has 34 heavy (non-hydrogen) atoms. The quantitative estimate of drug-likeness (QED) is 0.424. The predicted molar refractivity (Wildman–Crippen MR) is 105 cm³/mol. The molecular formula is C24H6F6N4. The van der Waals surface area contributed by atoms with E-state index in [4.69, 9.17) is 15.8 Å². The summed E-state index contributed by atoms with van der Waals surface area (Å²) < 4.78 is 85.5. The van der Waals surface area contributed by atoms with Gasteiger partial charge in [-0.2, -0.15) is 21.0 Å². The molecule has 0 amide bonds. The van der Waals surface area contributed by atoms with Gasteiger partial charge in [-0.05, 0) is 29.3 Å². The lowest BCUT2D eigenvalue weighted by molar-refractivity contribution is 0.447. The summed E-state index contributed by atoms with van der Waals surface area (Å²) in [7, 11) is 0. The molecule has 3 aromatic carbocycles. The Morgan fingerprint density at radius 2 is 1.21 bits per heavy atom. The van der Waals surface area contributed by atoms with Crippen LogP contribution in [0, 0.1) is 80.2 Å². The lowest BCUT2D eigenvalue weighted by Gasteiger charge is -2.10. The molecule has 0 bridgehead atoms. The lowest BCUT2D eigenvalue weighted by Crippen LogP contribution is -2.19. The Balaban J connectivity index is 2.63. The molecule has 0 heterocycles. The molecule has 0 saturated carbocycles. The molecule has 0 aliphatic heterocycles. The molecule has 0 radical (unpaired) electrons. The van der Waals surface area contributed by atoms with Gasteiger partial charge in [-0.3, -0.25) is 0 Å². The third kappa shape index (κ3) is 3.93. The Bertz CT molecular complexity index is 1600. The first-order valence-electron chi connectivity index (χ1n) is 9.00. The number of halogens is 6. The van der Waals surface area contributed by atoms with Gasteiger partial charge in [0.2, 0.25) is 0 Å². The summed E-state index contributed by atoms with van der Waals surface area (Å²) in [4.78, 5) is 0. The molecule has 0 fully saturated rings. The van der Waals surface area contributed by atoms with Crippen LogP contribution < -0.4 is 10.4 Å². The zero-order chi connectivity index (χ0) is 25.2. The summed E-state index contributed by atoms with van der Waals surface area (Å²) in [6.07, 6.45) is 0. The van der Waals surface area contributed by atoms with Gasteiger partial charge < -0.3 is 0 Å². The van der Waals surface area contributed by atoms with E-state index in [0.29, 0.717) is 6.07 Å². The minimum Gasteiger partial charge on any atom is -0.207 e. The van der Waals surface area contributed by atoms with Crippen LogP contribution in [0.2, 0.25) is 0 Å². The normalized spacial score (nSPS) is 11.0. The SMILES string of the molecule is N#CC(C#N)=c1cc/c(=C(/C#N)c2c(F)c(F)c(C#N)c(F)c2F)c(-c2cc(F)cc(F)c2)c1. The maximum Gasteiger partial charge on any atom is 0.180 e. The number of nitriles is 4. The van der Waals surface area contributed by atoms with Crippen LogP contribution in [0.5, 0.6) is 0 Å². The van der Waals surface area contributed by atoms with E-state index < -0.39 is 62.4 Å². The highest BCUT2D eigenvalue weighted by atomic mass is 19.2. The van der Waals surface area contributed by atoms with Gasteiger partial charge in [0.15, 0.2) is 23.3 Å². The van der Waals surface area contributed by atoms with Crippen LogP contribution in [0.15, 0.2) is 36.4 Å². The molecule has 0 spiro atoms. The first-order valence-corrected chi connectivity index (χ1v) is 9.00. The van der Waals surface area contributed by atoms with Crippen molar-refractivity contribution in [2.45, 2.75) is 0 Å². The van der Waals surface area contributed by atoms with Gasteiger partial charge in [0.05, 0.1) is 11.1 Å². The first kappa shape index (κ1) is 23.6. The van der Waals surface area contributed by atoms with Crippen LogP contribution in [-0.2, 0) is 0 Å². The highest BCUT2D eigenvalue weighted by Gasteiger charge is 2.28. The van der Waals surface area contributed by atoms with E-state index in [-0.39, 0.29) is 16.3 Å². The molecule has 0 atom stereocenters. The van der Waals surface area contributed by atoms with Gasteiger partial charge in [0, 0.05) is 16.5 Å². The maximum atomic E-state index is 14.7. The number of nitrogens with zero attached hydrogens (tertiary/aromatic N) is 4. The standard InChI is InChI=1S/C24H6F6N4/c25-14-3-12(4-15(26)6-14)17-5-11(13(7-31)8-32)1-2-16(17)18(9-33)20-23(29)21(27)19(10-34)22(28)24(20)30/h1-6H/b18-16+. The van der Waals surface area contributed by atoms with Crippen LogP contribution in [0.3, 0.4) is 0 Å². The Labute approximate surface area is 187 Å². The van der Waals surface area contributed by atoms with Crippen molar-refractivity contribution in [3.63, 3.8) is 0 Å². The fourth-order valence-corrected chi connectivity index (χ4v) is 3.22. The Kier molecular flexibility index (Phi) is 6.39. The van der Waals surface area contributed by atoms with Crippen molar-refractivity contribution >= 4 is 11.1 Å². The zero-order valence-electron chi connectivity index (χ0n) is 16.5. The highest BCUT2D eigenvalue weighted by Crippen LogP contribution is 2.28. The summed E-state index contributed by atoms with van der Waals surface area (Å²) in [5.74, 6) is -10.3. The third-order valence-electron chi connectivity index (χ3n) is 4.71. The molecule has 0 aliphatic carbocycles. The molecule has 3 rings (SSSR count). The Hall–Kier alpha value is -5.06. The number of hydrogen-bond acceptors (Lipinski definition) is 4. The second-order valence-corrected chi connectivity index (χ2v) is 6.62. The van der Waals surface area contributed by atoms with Gasteiger partial charge in [0.25, 0.3) is 0 Å². The van der Waals surface area contributed by atoms with Gasteiger partial charge >= 0.3 is 0 Å². The van der Waals surface area contributed by atoms with E-state index >= 15 is 0 Å². The lowest BCUT2D eigenvalue weighted by atomic mass is 9.94. The van der Waals surface area contributed by atoms with Crippen LogP contribution in [0.25, 0.3) is 22.3 Å². The summed E-state index contributed by atoms with van der Waals surface area (Å²) in [5, 5.41) is 36.2. The Morgan fingerprint density at radius 1 is 0.647 bits per heavy atom. The molecule has 0 N–H and O–H groups in total. The fraction of sp³-hybridized carbons (Fsp3) is 0. The fourth-order valence-electron chi connectivity index (χ4n) is 3.22. The Morgan fingerprint density at radius 3 is 1.68 bits per heavy atom. The minimum atomic E-state index is -2.04. The van der Waals surface area contributed by atoms with Crippen LogP contribution >= 0.6 is 0 Å². The average Bonchev–Trinajstić information content (AvgIpc) is 2.81. The topological polar surface area (TPSA) is 95.2 Å². The smallest absolute Gasteiger partial charge is 0.180 e. The van der Waals surface area contributed by atoms with Crippen molar-refractivity contribution in [1.29, 1.82) is 21.0 Å². The molecule has 164 valence electrons. The van der Waals surface area contributed by atoms with Gasteiger partial charge in [-0.15, -0.1) is 0 Å². The summed E-state index contributed by atoms with van der Waals surface area (Å²) in [6.45, 7) is 0. The van der Waals surface area contributed by atoms with E-state index in [0.717, 1.165) is 36.4 Å².